The quantitative estimate of drug-likeness (QED) is 0.667. The number of nitrogens with zero attached hydrogens (tertiary/aromatic N) is 1. The standard InChI is InChI=1S/C24H38N2O4/c1-14(2)9-17-13-26-8-7-16-10-21(28-5)22(29-6)11-18(16)19(26)12-20(17)30-24(27)23(25)15(3)4/h10-11,14-15,17,19-20,23H,7-9,12-13,25H2,1-6H3/t17?,19?,20?,23-/m0/s1/i5D3,10D,11D,12D2,13D2,17D,19D,20D. The maximum Gasteiger partial charge on any atom is 0.323 e. The van der Waals surface area contributed by atoms with Gasteiger partial charge in [0.1, 0.15) is 12.1 Å². The van der Waals surface area contributed by atoms with Gasteiger partial charge in [-0.15, -0.1) is 0 Å². The van der Waals surface area contributed by atoms with Crippen LogP contribution in [0.3, 0.4) is 0 Å². The number of hydrogen-bond donors (Lipinski definition) is 1. The van der Waals surface area contributed by atoms with Crippen LogP contribution in [-0.4, -0.2) is 50.2 Å². The van der Waals surface area contributed by atoms with Gasteiger partial charge in [0.15, 0.2) is 11.5 Å². The molecule has 168 valence electrons. The van der Waals surface area contributed by atoms with E-state index in [0.29, 0.717) is 0 Å². The summed E-state index contributed by atoms with van der Waals surface area (Å²) in [5.41, 5.74) is 5.17. The average Bonchev–Trinajstić information content (AvgIpc) is 2.83. The zero-order valence-electron chi connectivity index (χ0n) is 30.0. The van der Waals surface area contributed by atoms with E-state index in [2.05, 4.69) is 0 Å². The van der Waals surface area contributed by atoms with Crippen molar-refractivity contribution in [2.45, 2.75) is 65.0 Å². The normalized spacial score (nSPS) is 41.9. The first-order valence-corrected chi connectivity index (χ1v) is 10.0. The number of hydrogen-bond acceptors (Lipinski definition) is 6. The highest BCUT2D eigenvalue weighted by molar-refractivity contribution is 5.76. The molecule has 2 aliphatic rings. The molecule has 6 nitrogen and oxygen atoms in total. The van der Waals surface area contributed by atoms with E-state index in [4.69, 9.17) is 29.5 Å². The van der Waals surface area contributed by atoms with Gasteiger partial charge in [-0.1, -0.05) is 27.7 Å². The van der Waals surface area contributed by atoms with Gasteiger partial charge in [-0.05, 0) is 47.9 Å². The van der Waals surface area contributed by atoms with Crippen LogP contribution in [0.2, 0.25) is 0 Å². The summed E-state index contributed by atoms with van der Waals surface area (Å²) in [4.78, 5) is 13.9. The van der Waals surface area contributed by atoms with Crippen molar-refractivity contribution in [1.29, 1.82) is 0 Å². The number of piperidine rings is 1. The van der Waals surface area contributed by atoms with Crippen LogP contribution < -0.4 is 15.2 Å². The molecular weight excluding hydrogens is 380 g/mol. The van der Waals surface area contributed by atoms with Crippen molar-refractivity contribution in [3.05, 3.63) is 23.2 Å². The Morgan fingerprint density at radius 3 is 2.73 bits per heavy atom. The summed E-state index contributed by atoms with van der Waals surface area (Å²) in [5.74, 6) is -6.35. The molecule has 30 heavy (non-hydrogen) atoms. The van der Waals surface area contributed by atoms with Crippen LogP contribution >= 0.6 is 0 Å². The van der Waals surface area contributed by atoms with Crippen LogP contribution in [0.1, 0.15) is 74.1 Å². The molecule has 2 heterocycles. The monoisotopic (exact) mass is 430 g/mol. The van der Waals surface area contributed by atoms with Crippen LogP contribution in [0, 0.1) is 17.7 Å². The number of fused-ring (bicyclic) bond motifs is 3. The summed E-state index contributed by atoms with van der Waals surface area (Å²) in [6.07, 6.45) is -7.56. The predicted molar refractivity (Wildman–Crippen MR) is 118 cm³/mol. The molecule has 1 aromatic rings. The first kappa shape index (κ1) is 11.7. The predicted octanol–water partition coefficient (Wildman–Crippen LogP) is 3.56. The van der Waals surface area contributed by atoms with Gasteiger partial charge in [-0.3, -0.25) is 9.69 Å². The Morgan fingerprint density at radius 2 is 2.10 bits per heavy atom. The van der Waals surface area contributed by atoms with Gasteiger partial charge < -0.3 is 19.9 Å². The number of esters is 1. The van der Waals surface area contributed by atoms with E-state index in [0.717, 1.165) is 12.0 Å². The topological polar surface area (TPSA) is 74.0 Å². The third kappa shape index (κ3) is 4.75. The summed E-state index contributed by atoms with van der Waals surface area (Å²) in [5, 5.41) is 0. The van der Waals surface area contributed by atoms with Gasteiger partial charge in [0.25, 0.3) is 0 Å². The zero-order chi connectivity index (χ0) is 32.6. The summed E-state index contributed by atoms with van der Waals surface area (Å²) < 4.78 is 121. The molecule has 4 atom stereocenters. The van der Waals surface area contributed by atoms with Crippen LogP contribution in [0.25, 0.3) is 0 Å². The first-order valence-electron chi connectivity index (χ1n) is 16.0. The SMILES string of the molecule is [2H]c1c2c(c([2H])c(OC)c1OC([2H])([2H])[2H])C1([2H])N(CC2)C([2H])([2H])C([2H])(CC(C)C)C([2H])(OC(=O)[C@@H](N)C(C)C)C1([2H])[2H]. The van der Waals surface area contributed by atoms with Crippen molar-refractivity contribution in [1.82, 2.24) is 4.90 Å². The molecule has 2 aliphatic heterocycles. The van der Waals surface area contributed by atoms with Crippen LogP contribution in [0.15, 0.2) is 12.1 Å². The van der Waals surface area contributed by atoms with E-state index in [9.17, 15) is 11.6 Å². The third-order valence-corrected chi connectivity index (χ3v) is 4.99. The van der Waals surface area contributed by atoms with Crippen LogP contribution in [0.5, 0.6) is 11.5 Å². The Balaban J connectivity index is 2.46. The number of nitrogens with two attached hydrogens (primary N) is 1. The van der Waals surface area contributed by atoms with Crippen molar-refractivity contribution >= 4 is 5.97 Å². The van der Waals surface area contributed by atoms with Gasteiger partial charge in [0.2, 0.25) is 0 Å². The van der Waals surface area contributed by atoms with E-state index in [1.54, 1.807) is 27.7 Å². The lowest BCUT2D eigenvalue weighted by molar-refractivity contribution is -0.160. The van der Waals surface area contributed by atoms with E-state index in [-0.39, 0.29) is 12.0 Å². The molecule has 2 N–H and O–H groups in total. The lowest BCUT2D eigenvalue weighted by atomic mass is 9.79. The fourth-order valence-corrected chi connectivity index (χ4v) is 3.29. The molecule has 0 bridgehead atoms. The second kappa shape index (κ2) is 9.56. The van der Waals surface area contributed by atoms with E-state index < -0.39 is 104 Å². The third-order valence-electron chi connectivity index (χ3n) is 4.99. The molecule has 0 aromatic heterocycles. The fourth-order valence-electron chi connectivity index (χ4n) is 3.29. The van der Waals surface area contributed by atoms with Gasteiger partial charge in [0.05, 0.1) is 23.7 Å². The fraction of sp³-hybridized carbons (Fsp3) is 0.708. The minimum Gasteiger partial charge on any atom is -0.493 e. The molecule has 0 amide bonds. The van der Waals surface area contributed by atoms with E-state index in [1.165, 1.54) is 0 Å². The molecule has 1 saturated heterocycles. The number of rotatable bonds is 7. The average molecular weight is 431 g/mol. The number of benzene rings is 1. The largest absolute Gasteiger partial charge is 0.493 e. The molecule has 1 aromatic carbocycles. The summed E-state index contributed by atoms with van der Waals surface area (Å²) in [6, 6.07) is -5.79. The van der Waals surface area contributed by atoms with Gasteiger partial charge >= 0.3 is 5.97 Å². The molecule has 3 rings (SSSR count). The zero-order valence-corrected chi connectivity index (χ0v) is 18.0. The molecule has 1 fully saturated rings. The molecule has 0 aliphatic carbocycles. The molecular formula is C24H38N2O4. The van der Waals surface area contributed by atoms with Crippen molar-refractivity contribution in [2.24, 2.45) is 23.5 Å². The molecule has 3 unspecified atom stereocenters. The summed E-state index contributed by atoms with van der Waals surface area (Å²) in [6.45, 7) is 2.95. The smallest absolute Gasteiger partial charge is 0.323 e. The van der Waals surface area contributed by atoms with Crippen molar-refractivity contribution in [3.8, 4) is 11.5 Å². The highest BCUT2D eigenvalue weighted by atomic mass is 16.5. The van der Waals surface area contributed by atoms with Crippen molar-refractivity contribution < 1.29 is 35.5 Å². The first-order chi connectivity index (χ1) is 18.9. The minimum absolute atomic E-state index is 0.195. The highest BCUT2D eigenvalue weighted by Gasteiger charge is 2.41. The number of ether oxygens (including phenoxy) is 3. The van der Waals surface area contributed by atoms with Crippen LogP contribution in [-0.2, 0) is 16.0 Å². The summed E-state index contributed by atoms with van der Waals surface area (Å²) in [7, 11) is -2.00. The molecule has 0 spiro atoms. The molecule has 0 saturated carbocycles. The number of methoxy groups -OCH3 is 2. The Bertz CT molecular complexity index is 1240. The minimum atomic E-state index is -3.44. The van der Waals surface area contributed by atoms with Gasteiger partial charge in [-0.2, -0.15) is 0 Å². The Morgan fingerprint density at radius 1 is 1.37 bits per heavy atom. The van der Waals surface area contributed by atoms with Gasteiger partial charge in [0, 0.05) is 38.2 Å². The van der Waals surface area contributed by atoms with Crippen molar-refractivity contribution in [3.63, 3.8) is 0 Å². The number of carbonyl (C=O) groups is 1. The van der Waals surface area contributed by atoms with Crippen LogP contribution in [0.4, 0.5) is 0 Å². The Kier molecular flexibility index (Phi) is 3.74. The Hall–Kier alpha value is -1.79. The second-order valence-electron chi connectivity index (χ2n) is 8.15. The number of carbonyl (C=O) groups excluding carboxylic acids is 1. The summed E-state index contributed by atoms with van der Waals surface area (Å²) >= 11 is 0. The Labute approximate surface area is 197 Å². The maximum absolute atomic E-state index is 13.2. The van der Waals surface area contributed by atoms with E-state index in [1.807, 2.05) is 0 Å². The van der Waals surface area contributed by atoms with E-state index >= 15 is 0 Å². The molecule has 6 heteroatoms. The molecule has 0 radical (unpaired) electrons. The lowest BCUT2D eigenvalue weighted by Crippen LogP contribution is -2.51. The second-order valence-corrected chi connectivity index (χ2v) is 8.15. The lowest BCUT2D eigenvalue weighted by Gasteiger charge is -2.47. The maximum atomic E-state index is 13.2. The van der Waals surface area contributed by atoms with Gasteiger partial charge in [-0.25, -0.2) is 0 Å². The highest BCUT2D eigenvalue weighted by Crippen LogP contribution is 2.44. The van der Waals surface area contributed by atoms with Crippen molar-refractivity contribution in [2.75, 3.05) is 27.2 Å².